The highest BCUT2D eigenvalue weighted by Gasteiger charge is 2.00. The summed E-state index contributed by atoms with van der Waals surface area (Å²) in [6.07, 6.45) is 2.96. The second-order valence-electron chi connectivity index (χ2n) is 4.56. The van der Waals surface area contributed by atoms with Crippen molar-refractivity contribution < 1.29 is 15.3 Å². The minimum atomic E-state index is 0.140. The van der Waals surface area contributed by atoms with E-state index in [0.29, 0.717) is 0 Å². The van der Waals surface area contributed by atoms with Crippen molar-refractivity contribution in [3.05, 3.63) is 59.7 Å². The normalized spacial score (nSPS) is 9.70. The number of hydrogen-bond acceptors (Lipinski definition) is 3. The van der Waals surface area contributed by atoms with Crippen LogP contribution in [-0.4, -0.2) is 15.3 Å². The van der Waals surface area contributed by atoms with Crippen LogP contribution in [0.25, 0.3) is 0 Å². The molecule has 2 rings (SSSR count). The van der Waals surface area contributed by atoms with Crippen molar-refractivity contribution in [1.82, 2.24) is 0 Å². The van der Waals surface area contributed by atoms with Crippen LogP contribution in [0.2, 0.25) is 0 Å². The number of aryl methyl sites for hydroxylation is 1. The minimum absolute atomic E-state index is 0.140. The van der Waals surface area contributed by atoms with Gasteiger partial charge in [0.1, 0.15) is 11.5 Å². The van der Waals surface area contributed by atoms with Crippen LogP contribution in [0, 0.1) is 0 Å². The van der Waals surface area contributed by atoms with Crippen LogP contribution < -0.4 is 0 Å². The Morgan fingerprint density at radius 2 is 1.65 bits per heavy atom. The van der Waals surface area contributed by atoms with Crippen LogP contribution in [0.1, 0.15) is 30.9 Å². The quantitative estimate of drug-likeness (QED) is 0.746. The standard InChI is InChI=1S/C10H14O2.C7H8O/c1-2-3-4-8-7-9(11)5-6-10(8)12;8-6-7-4-2-1-3-5-7/h5-7,11-12H,2-4H2,1H3;1-5,8H,6H2. The van der Waals surface area contributed by atoms with Gasteiger partial charge in [-0.15, -0.1) is 0 Å². The third-order valence-corrected chi connectivity index (χ3v) is 2.89. The third kappa shape index (κ3) is 5.76. The van der Waals surface area contributed by atoms with E-state index in [2.05, 4.69) is 6.92 Å². The summed E-state index contributed by atoms with van der Waals surface area (Å²) in [4.78, 5) is 0. The summed E-state index contributed by atoms with van der Waals surface area (Å²) in [5.41, 5.74) is 1.80. The van der Waals surface area contributed by atoms with Gasteiger partial charge in [0.15, 0.2) is 0 Å². The molecule has 0 unspecified atom stereocenters. The maximum absolute atomic E-state index is 9.35. The first-order valence-corrected chi connectivity index (χ1v) is 6.83. The lowest BCUT2D eigenvalue weighted by Gasteiger charge is -2.03. The fourth-order valence-electron chi connectivity index (χ4n) is 1.72. The van der Waals surface area contributed by atoms with Gasteiger partial charge in [0.2, 0.25) is 0 Å². The van der Waals surface area contributed by atoms with E-state index in [-0.39, 0.29) is 18.1 Å². The highest BCUT2D eigenvalue weighted by atomic mass is 16.3. The molecule has 2 aromatic carbocycles. The number of unbranched alkanes of at least 4 members (excludes halogenated alkanes) is 1. The lowest BCUT2D eigenvalue weighted by Crippen LogP contribution is -1.84. The first-order valence-electron chi connectivity index (χ1n) is 6.83. The van der Waals surface area contributed by atoms with E-state index in [4.69, 9.17) is 10.2 Å². The Labute approximate surface area is 120 Å². The monoisotopic (exact) mass is 274 g/mol. The number of hydrogen-bond donors (Lipinski definition) is 3. The lowest BCUT2D eigenvalue weighted by molar-refractivity contribution is 0.282. The summed E-state index contributed by atoms with van der Waals surface area (Å²) in [5.74, 6) is 0.500. The van der Waals surface area contributed by atoms with Gasteiger partial charge in [-0.3, -0.25) is 0 Å². The van der Waals surface area contributed by atoms with Crippen molar-refractivity contribution in [3.63, 3.8) is 0 Å². The molecule has 3 nitrogen and oxygen atoms in total. The first kappa shape index (κ1) is 16.1. The molecule has 0 atom stereocenters. The molecule has 0 heterocycles. The van der Waals surface area contributed by atoms with E-state index in [9.17, 15) is 5.11 Å². The number of aliphatic hydroxyl groups excluding tert-OH is 1. The van der Waals surface area contributed by atoms with Crippen molar-refractivity contribution >= 4 is 0 Å². The summed E-state index contributed by atoms with van der Waals surface area (Å²) in [5, 5.41) is 27.0. The fraction of sp³-hybridized carbons (Fsp3) is 0.294. The molecule has 0 amide bonds. The average molecular weight is 274 g/mol. The van der Waals surface area contributed by atoms with Crippen molar-refractivity contribution in [2.24, 2.45) is 0 Å². The summed E-state index contributed by atoms with van der Waals surface area (Å²) in [7, 11) is 0. The zero-order valence-corrected chi connectivity index (χ0v) is 11.8. The van der Waals surface area contributed by atoms with Gasteiger partial charge in [-0.2, -0.15) is 0 Å². The number of benzene rings is 2. The predicted molar refractivity (Wildman–Crippen MR) is 80.7 cm³/mol. The maximum Gasteiger partial charge on any atom is 0.119 e. The largest absolute Gasteiger partial charge is 0.508 e. The molecular weight excluding hydrogens is 252 g/mol. The molecule has 2 aromatic rings. The van der Waals surface area contributed by atoms with E-state index in [0.717, 1.165) is 30.4 Å². The molecule has 108 valence electrons. The molecule has 0 spiro atoms. The van der Waals surface area contributed by atoms with Gasteiger partial charge in [0, 0.05) is 0 Å². The predicted octanol–water partition coefficient (Wildman–Crippen LogP) is 3.62. The molecule has 0 fully saturated rings. The van der Waals surface area contributed by atoms with Crippen LogP contribution >= 0.6 is 0 Å². The molecular formula is C17H22O3. The molecule has 0 aliphatic heterocycles. The van der Waals surface area contributed by atoms with E-state index in [1.165, 1.54) is 12.1 Å². The molecule has 0 radical (unpaired) electrons. The number of aromatic hydroxyl groups is 2. The maximum atomic E-state index is 9.35. The van der Waals surface area contributed by atoms with Crippen LogP contribution in [0.15, 0.2) is 48.5 Å². The molecule has 20 heavy (non-hydrogen) atoms. The second kappa shape index (κ2) is 8.99. The molecule has 0 aliphatic carbocycles. The van der Waals surface area contributed by atoms with Crippen LogP contribution in [0.4, 0.5) is 0 Å². The van der Waals surface area contributed by atoms with Gasteiger partial charge in [0.25, 0.3) is 0 Å². The van der Waals surface area contributed by atoms with Crippen LogP contribution in [0.3, 0.4) is 0 Å². The molecule has 0 aliphatic rings. The van der Waals surface area contributed by atoms with Gasteiger partial charge >= 0.3 is 0 Å². The van der Waals surface area contributed by atoms with Gasteiger partial charge in [-0.1, -0.05) is 43.7 Å². The Kier molecular flexibility index (Phi) is 7.22. The summed E-state index contributed by atoms with van der Waals surface area (Å²) in [6.45, 7) is 2.24. The molecule has 0 aromatic heterocycles. The van der Waals surface area contributed by atoms with E-state index in [1.54, 1.807) is 6.07 Å². The van der Waals surface area contributed by atoms with Gasteiger partial charge in [-0.25, -0.2) is 0 Å². The Bertz CT molecular complexity index is 495. The van der Waals surface area contributed by atoms with Crippen molar-refractivity contribution in [3.8, 4) is 11.5 Å². The van der Waals surface area contributed by atoms with E-state index >= 15 is 0 Å². The Morgan fingerprint density at radius 1 is 0.950 bits per heavy atom. The topological polar surface area (TPSA) is 60.7 Å². The van der Waals surface area contributed by atoms with Gasteiger partial charge in [0.05, 0.1) is 6.61 Å². The smallest absolute Gasteiger partial charge is 0.119 e. The average Bonchev–Trinajstić information content (AvgIpc) is 2.49. The highest BCUT2D eigenvalue weighted by Crippen LogP contribution is 2.23. The number of phenolic OH excluding ortho intramolecular Hbond substituents is 2. The van der Waals surface area contributed by atoms with Crippen molar-refractivity contribution in [2.45, 2.75) is 32.8 Å². The molecule has 0 saturated heterocycles. The molecule has 0 saturated carbocycles. The first-order chi connectivity index (χ1) is 9.67. The second-order valence-corrected chi connectivity index (χ2v) is 4.56. The van der Waals surface area contributed by atoms with E-state index < -0.39 is 0 Å². The van der Waals surface area contributed by atoms with E-state index in [1.807, 2.05) is 30.3 Å². The fourth-order valence-corrected chi connectivity index (χ4v) is 1.72. The zero-order chi connectivity index (χ0) is 14.8. The van der Waals surface area contributed by atoms with Crippen molar-refractivity contribution in [2.75, 3.05) is 0 Å². The summed E-state index contributed by atoms with van der Waals surface area (Å²) < 4.78 is 0. The Balaban J connectivity index is 0.000000217. The van der Waals surface area contributed by atoms with Gasteiger partial charge in [-0.05, 0) is 42.2 Å². The highest BCUT2D eigenvalue weighted by molar-refractivity contribution is 5.38. The lowest BCUT2D eigenvalue weighted by atomic mass is 10.1. The third-order valence-electron chi connectivity index (χ3n) is 2.89. The molecule has 0 bridgehead atoms. The Morgan fingerprint density at radius 3 is 2.20 bits per heavy atom. The summed E-state index contributed by atoms with van der Waals surface area (Å²) in [6, 6.07) is 14.2. The Hall–Kier alpha value is -2.00. The summed E-state index contributed by atoms with van der Waals surface area (Å²) >= 11 is 0. The minimum Gasteiger partial charge on any atom is -0.508 e. The molecule has 3 N–H and O–H groups in total. The van der Waals surface area contributed by atoms with Crippen LogP contribution in [0.5, 0.6) is 11.5 Å². The number of aliphatic hydroxyl groups is 1. The molecule has 3 heteroatoms. The van der Waals surface area contributed by atoms with Gasteiger partial charge < -0.3 is 15.3 Å². The number of rotatable bonds is 4. The van der Waals surface area contributed by atoms with Crippen LogP contribution in [-0.2, 0) is 13.0 Å². The number of phenols is 2. The zero-order valence-electron chi connectivity index (χ0n) is 11.8. The SMILES string of the molecule is CCCCc1cc(O)ccc1O.OCc1ccccc1. The van der Waals surface area contributed by atoms with Crippen molar-refractivity contribution in [1.29, 1.82) is 0 Å².